The van der Waals surface area contributed by atoms with Gasteiger partial charge in [-0.3, -0.25) is 37.3 Å². The average Bonchev–Trinajstić information content (AvgIpc) is 1.35. The smallest absolute Gasteiger partial charge is 0.462 e. The summed E-state index contributed by atoms with van der Waals surface area (Å²) in [6.45, 7) is 4.51. The van der Waals surface area contributed by atoms with E-state index < -0.39 is 97.5 Å². The number of hydrogen-bond donors (Lipinski definition) is 3. The van der Waals surface area contributed by atoms with Gasteiger partial charge in [-0.1, -0.05) is 285 Å². The van der Waals surface area contributed by atoms with Crippen LogP contribution in [0.5, 0.6) is 0 Å². The van der Waals surface area contributed by atoms with Gasteiger partial charge < -0.3 is 33.8 Å². The molecule has 0 rings (SSSR count). The Bertz CT molecular complexity index is 2170. The summed E-state index contributed by atoms with van der Waals surface area (Å²) in [4.78, 5) is 72.6. The van der Waals surface area contributed by atoms with Crippen LogP contribution in [-0.2, 0) is 65.4 Å². The molecule has 0 fully saturated rings. The van der Waals surface area contributed by atoms with Gasteiger partial charge in [0, 0.05) is 19.3 Å². The van der Waals surface area contributed by atoms with Crippen molar-refractivity contribution in [2.45, 2.75) is 316 Å². The van der Waals surface area contributed by atoms with Crippen LogP contribution < -0.4 is 0 Å². The number of carbonyl (C=O) groups is 4. The Morgan fingerprint density at radius 2 is 0.596 bits per heavy atom. The summed E-state index contributed by atoms with van der Waals surface area (Å²) < 4.78 is 68.2. The van der Waals surface area contributed by atoms with E-state index in [4.69, 9.17) is 37.0 Å². The van der Waals surface area contributed by atoms with Crippen molar-refractivity contribution < 1.29 is 80.2 Å². The van der Waals surface area contributed by atoms with Crippen LogP contribution in [0.1, 0.15) is 297 Å². The largest absolute Gasteiger partial charge is 0.472 e. The Morgan fingerprint density at radius 3 is 0.947 bits per heavy atom. The van der Waals surface area contributed by atoms with Gasteiger partial charge >= 0.3 is 39.5 Å². The molecule has 0 aliphatic heterocycles. The van der Waals surface area contributed by atoms with E-state index in [2.05, 4.69) is 101 Å². The molecule has 19 heteroatoms. The molecule has 0 aromatic rings. The molecule has 0 aliphatic rings. The zero-order chi connectivity index (χ0) is 69.0. The summed E-state index contributed by atoms with van der Waals surface area (Å²) in [5, 5.41) is 10.6. The SMILES string of the molecule is CC/C=C\C/C=C\C/C=C\C/C=C\C/C=C\CC(=O)OCC(COP(=O)(O)OCC(O)COP(=O)(O)OCC(COC(=O)CCCCCCC/C=C\C/C=C\C/C=C\CC)OC(=O)CCCCCCCCCCCCCCC)OC(=O)CCCCCCCCCCCCC. The highest BCUT2D eigenvalue weighted by atomic mass is 31.2. The molecule has 94 heavy (non-hydrogen) atoms. The molecule has 5 atom stereocenters. The van der Waals surface area contributed by atoms with Crippen molar-refractivity contribution in [3.8, 4) is 0 Å². The number of ether oxygens (including phenoxy) is 4. The van der Waals surface area contributed by atoms with Gasteiger partial charge in [0.1, 0.15) is 19.3 Å². The van der Waals surface area contributed by atoms with Gasteiger partial charge in [0.25, 0.3) is 0 Å². The van der Waals surface area contributed by atoms with Crippen molar-refractivity contribution in [3.63, 3.8) is 0 Å². The van der Waals surface area contributed by atoms with Gasteiger partial charge in [-0.2, -0.15) is 0 Å². The van der Waals surface area contributed by atoms with Gasteiger partial charge in [0.2, 0.25) is 0 Å². The number of phosphoric ester groups is 2. The number of rotatable bonds is 68. The maximum Gasteiger partial charge on any atom is 0.472 e. The van der Waals surface area contributed by atoms with Crippen molar-refractivity contribution in [2.24, 2.45) is 0 Å². The Hall–Kier alpha value is -4.02. The summed E-state index contributed by atoms with van der Waals surface area (Å²) in [6, 6.07) is 0. The van der Waals surface area contributed by atoms with Gasteiger partial charge in [0.15, 0.2) is 12.2 Å². The Kier molecular flexibility index (Phi) is 64.7. The monoisotopic (exact) mass is 1360 g/mol. The number of esters is 4. The lowest BCUT2D eigenvalue weighted by atomic mass is 10.0. The van der Waals surface area contributed by atoms with Gasteiger partial charge in [-0.15, -0.1) is 0 Å². The van der Waals surface area contributed by atoms with E-state index in [-0.39, 0.29) is 25.7 Å². The van der Waals surface area contributed by atoms with Crippen LogP contribution in [0.25, 0.3) is 0 Å². The van der Waals surface area contributed by atoms with Crippen molar-refractivity contribution in [1.29, 1.82) is 0 Å². The summed E-state index contributed by atoms with van der Waals surface area (Å²) in [5.41, 5.74) is 0. The number of allylic oxidation sites excluding steroid dienone is 15. The van der Waals surface area contributed by atoms with Crippen LogP contribution in [0.3, 0.4) is 0 Å². The van der Waals surface area contributed by atoms with Crippen LogP contribution in [0.15, 0.2) is 97.2 Å². The first kappa shape index (κ1) is 90.0. The molecule has 0 aromatic carbocycles. The summed E-state index contributed by atoms with van der Waals surface area (Å²) in [6.07, 6.45) is 68.7. The zero-order valence-corrected chi connectivity index (χ0v) is 60.7. The highest BCUT2D eigenvalue weighted by molar-refractivity contribution is 7.47. The van der Waals surface area contributed by atoms with Crippen LogP contribution in [0, 0.1) is 0 Å². The fourth-order valence-corrected chi connectivity index (χ4v) is 11.2. The minimum Gasteiger partial charge on any atom is -0.462 e. The minimum absolute atomic E-state index is 0.0687. The van der Waals surface area contributed by atoms with E-state index in [1.807, 2.05) is 18.2 Å². The van der Waals surface area contributed by atoms with Crippen LogP contribution >= 0.6 is 15.6 Å². The lowest BCUT2D eigenvalue weighted by molar-refractivity contribution is -0.161. The minimum atomic E-state index is -4.98. The molecule has 0 radical (unpaired) electrons. The number of hydrogen-bond acceptors (Lipinski definition) is 15. The molecular formula is C75H130O17P2. The molecule has 3 N–H and O–H groups in total. The van der Waals surface area contributed by atoms with Crippen molar-refractivity contribution in [1.82, 2.24) is 0 Å². The second kappa shape index (κ2) is 67.5. The summed E-state index contributed by atoms with van der Waals surface area (Å²) >= 11 is 0. The third kappa shape index (κ3) is 66.6. The molecule has 5 unspecified atom stereocenters. The number of phosphoric acid groups is 2. The normalized spacial score (nSPS) is 14.6. The van der Waals surface area contributed by atoms with Crippen molar-refractivity contribution in [2.75, 3.05) is 39.6 Å². The van der Waals surface area contributed by atoms with E-state index >= 15 is 0 Å². The highest BCUT2D eigenvalue weighted by Gasteiger charge is 2.30. The van der Waals surface area contributed by atoms with Gasteiger partial charge in [-0.05, 0) is 83.5 Å². The zero-order valence-electron chi connectivity index (χ0n) is 58.9. The molecule has 0 aromatic heterocycles. The standard InChI is InChI=1S/C75H130O17P2/c1-5-9-13-17-21-25-29-32-34-37-40-43-47-51-55-59-72(77)85-65-70(91-74(79)61-57-53-49-45-39-28-24-20-16-12-8-4)67-89-93(81,82)87-63-69(76)64-88-94(83,84)90-68-71(92-75(80)62-58-54-50-46-42-36-31-27-23-19-15-11-7-3)66-86-73(78)60-56-52-48-44-41-38-35-33-30-26-22-18-14-10-6-2/h9-10,13-14,21-22,25-26,32-35,40,43,51,55,69-71,76H,5-8,11-12,15-20,23-24,27-31,36-39,41-42,44-50,52-54,56-68H2,1-4H3,(H,81,82)(H,83,84)/b13-9-,14-10-,25-21-,26-22-,34-32-,35-33-,43-40-,55-51-. The molecule has 0 heterocycles. The molecule has 0 saturated heterocycles. The number of aliphatic hydroxyl groups is 1. The molecule has 17 nitrogen and oxygen atoms in total. The lowest BCUT2D eigenvalue weighted by Gasteiger charge is -2.21. The number of unbranched alkanes of at least 4 members (excludes halogenated alkanes) is 27. The first-order chi connectivity index (χ1) is 45.7. The highest BCUT2D eigenvalue weighted by Crippen LogP contribution is 2.45. The third-order valence-electron chi connectivity index (χ3n) is 15.1. The maximum atomic E-state index is 13.0. The fourth-order valence-electron chi connectivity index (χ4n) is 9.60. The fraction of sp³-hybridized carbons (Fsp3) is 0.733. The molecule has 542 valence electrons. The molecule has 0 aliphatic carbocycles. The van der Waals surface area contributed by atoms with Crippen molar-refractivity contribution >= 4 is 39.5 Å². The topological polar surface area (TPSA) is 237 Å². The maximum absolute atomic E-state index is 13.0. The Balaban J connectivity index is 5.38. The lowest BCUT2D eigenvalue weighted by Crippen LogP contribution is -2.30. The van der Waals surface area contributed by atoms with Crippen LogP contribution in [0.2, 0.25) is 0 Å². The molecule has 0 saturated carbocycles. The van der Waals surface area contributed by atoms with Gasteiger partial charge in [-0.25, -0.2) is 9.13 Å². The molecule has 0 amide bonds. The summed E-state index contributed by atoms with van der Waals surface area (Å²) in [5.74, 6) is -2.33. The van der Waals surface area contributed by atoms with Crippen LogP contribution in [-0.4, -0.2) is 96.7 Å². The van der Waals surface area contributed by atoms with Gasteiger partial charge in [0.05, 0.1) is 32.8 Å². The van der Waals surface area contributed by atoms with E-state index in [0.29, 0.717) is 25.7 Å². The van der Waals surface area contributed by atoms with E-state index in [1.165, 1.54) is 89.9 Å². The molecule has 0 spiro atoms. The number of carbonyl (C=O) groups excluding carboxylic acids is 4. The van der Waals surface area contributed by atoms with E-state index in [9.17, 15) is 43.2 Å². The second-order valence-electron chi connectivity index (χ2n) is 24.2. The van der Waals surface area contributed by atoms with Crippen LogP contribution in [0.4, 0.5) is 0 Å². The second-order valence-corrected chi connectivity index (χ2v) is 27.1. The molecule has 0 bridgehead atoms. The quantitative estimate of drug-likeness (QED) is 0.0169. The predicted octanol–water partition coefficient (Wildman–Crippen LogP) is 20.4. The Morgan fingerprint density at radius 1 is 0.319 bits per heavy atom. The predicted molar refractivity (Wildman–Crippen MR) is 381 cm³/mol. The first-order valence-electron chi connectivity index (χ1n) is 36.5. The third-order valence-corrected chi connectivity index (χ3v) is 17.0. The van der Waals surface area contributed by atoms with E-state index in [0.717, 1.165) is 128 Å². The summed E-state index contributed by atoms with van der Waals surface area (Å²) in [7, 11) is -9.96. The van der Waals surface area contributed by atoms with Crippen molar-refractivity contribution in [3.05, 3.63) is 97.2 Å². The average molecular weight is 1370 g/mol. The molecular weight excluding hydrogens is 1230 g/mol. The number of aliphatic hydroxyl groups excluding tert-OH is 1. The van der Waals surface area contributed by atoms with E-state index in [1.54, 1.807) is 6.08 Å². The Labute approximate surface area is 569 Å². The first-order valence-corrected chi connectivity index (χ1v) is 39.5.